The highest BCUT2D eigenvalue weighted by molar-refractivity contribution is 8.18. The summed E-state index contributed by atoms with van der Waals surface area (Å²) in [5.74, 6) is -0.348. The van der Waals surface area contributed by atoms with Crippen LogP contribution in [0.5, 0.6) is 0 Å². The minimum Gasteiger partial charge on any atom is -0.300 e. The third kappa shape index (κ3) is 5.61. The first kappa shape index (κ1) is 23.4. The minimum atomic E-state index is -3.34. The van der Waals surface area contributed by atoms with Gasteiger partial charge in [-0.1, -0.05) is 54.6 Å². The van der Waals surface area contributed by atoms with Crippen LogP contribution in [0.1, 0.15) is 16.7 Å². The van der Waals surface area contributed by atoms with E-state index in [1.807, 2.05) is 42.5 Å². The van der Waals surface area contributed by atoms with Crippen LogP contribution < -0.4 is 10.0 Å². The van der Waals surface area contributed by atoms with Crippen molar-refractivity contribution < 1.29 is 13.2 Å². The van der Waals surface area contributed by atoms with E-state index < -0.39 is 10.0 Å². The van der Waals surface area contributed by atoms with Crippen molar-refractivity contribution in [3.8, 4) is 17.2 Å². The molecule has 1 saturated heterocycles. The number of thioether (sulfide) groups is 1. The maximum absolute atomic E-state index is 12.4. The fourth-order valence-corrected chi connectivity index (χ4v) is 4.92. The first-order valence-corrected chi connectivity index (χ1v) is 12.7. The Morgan fingerprint density at radius 2 is 1.76 bits per heavy atom. The van der Waals surface area contributed by atoms with E-state index in [0.717, 1.165) is 16.7 Å². The minimum absolute atomic E-state index is 0.111. The third-order valence-electron chi connectivity index (χ3n) is 5.05. The predicted octanol–water partition coefficient (Wildman–Crippen LogP) is 4.17. The molecule has 0 spiro atoms. The van der Waals surface area contributed by atoms with Crippen molar-refractivity contribution in [1.82, 2.24) is 10.0 Å². The van der Waals surface area contributed by atoms with Gasteiger partial charge in [0.05, 0.1) is 28.0 Å². The van der Waals surface area contributed by atoms with Gasteiger partial charge in [0.15, 0.2) is 5.17 Å². The van der Waals surface area contributed by atoms with E-state index in [1.54, 1.807) is 36.4 Å². The summed E-state index contributed by atoms with van der Waals surface area (Å²) in [6.45, 7) is 0. The third-order valence-corrected chi connectivity index (χ3v) is 7.30. The molecule has 1 aliphatic heterocycles. The Labute approximate surface area is 202 Å². The van der Waals surface area contributed by atoms with Gasteiger partial charge in [-0.2, -0.15) is 5.26 Å². The van der Waals surface area contributed by atoms with Crippen LogP contribution in [0.4, 0.5) is 5.69 Å². The van der Waals surface area contributed by atoms with Gasteiger partial charge >= 0.3 is 0 Å². The summed E-state index contributed by atoms with van der Waals surface area (Å²) in [5.41, 5.74) is 4.50. The molecule has 0 atom stereocenters. The number of nitrogens with zero attached hydrogens (tertiary/aromatic N) is 2. The van der Waals surface area contributed by atoms with Gasteiger partial charge < -0.3 is 5.32 Å². The molecular weight excluding hydrogens is 468 g/mol. The Morgan fingerprint density at radius 1 is 1.06 bits per heavy atom. The second kappa shape index (κ2) is 10.1. The number of amides is 1. The molecule has 0 saturated carbocycles. The van der Waals surface area contributed by atoms with Gasteiger partial charge in [-0.05, 0) is 65.3 Å². The molecule has 3 aromatic carbocycles. The summed E-state index contributed by atoms with van der Waals surface area (Å²) in [4.78, 5) is 17.4. The molecule has 3 aromatic rings. The van der Waals surface area contributed by atoms with Crippen LogP contribution in [0.3, 0.4) is 0 Å². The highest BCUT2D eigenvalue weighted by Crippen LogP contribution is 2.29. The first-order chi connectivity index (χ1) is 16.4. The second-order valence-corrected chi connectivity index (χ2v) is 10.3. The Kier molecular flexibility index (Phi) is 6.93. The lowest BCUT2D eigenvalue weighted by Gasteiger charge is -2.04. The number of nitriles is 1. The van der Waals surface area contributed by atoms with Crippen molar-refractivity contribution in [3.05, 3.63) is 94.4 Å². The Bertz CT molecular complexity index is 1440. The van der Waals surface area contributed by atoms with Crippen LogP contribution in [0.15, 0.2) is 82.7 Å². The Hall–Kier alpha value is -3.71. The number of carbonyl (C=O) groups is 1. The van der Waals surface area contributed by atoms with Gasteiger partial charge in [0.1, 0.15) is 0 Å². The first-order valence-electron chi connectivity index (χ1n) is 10.3. The van der Waals surface area contributed by atoms with Gasteiger partial charge in [0.25, 0.3) is 5.91 Å². The molecule has 1 amide bonds. The zero-order valence-electron chi connectivity index (χ0n) is 18.1. The highest BCUT2D eigenvalue weighted by Gasteiger charge is 2.23. The Morgan fingerprint density at radius 3 is 2.44 bits per heavy atom. The lowest BCUT2D eigenvalue weighted by molar-refractivity contribution is -0.115. The van der Waals surface area contributed by atoms with Crippen LogP contribution in [0, 0.1) is 11.3 Å². The molecule has 0 unspecified atom stereocenters. The van der Waals surface area contributed by atoms with E-state index in [4.69, 9.17) is 0 Å². The SMILES string of the molecule is CNS(=O)(=O)Cc1ccc(N=C2NC(=O)/C(=C/c3ccc(-c4ccccc4C#N)cc3)S2)cc1. The molecule has 34 heavy (non-hydrogen) atoms. The number of rotatable bonds is 6. The molecule has 170 valence electrons. The summed E-state index contributed by atoms with van der Waals surface area (Å²) in [5, 5.41) is 12.5. The fraction of sp³-hybridized carbons (Fsp3) is 0.0800. The van der Waals surface area contributed by atoms with E-state index in [0.29, 0.717) is 26.9 Å². The zero-order chi connectivity index (χ0) is 24.1. The van der Waals surface area contributed by atoms with Crippen LogP contribution in [-0.2, 0) is 20.6 Å². The average Bonchev–Trinajstić information content (AvgIpc) is 3.19. The topological polar surface area (TPSA) is 111 Å². The molecule has 0 aliphatic carbocycles. The fourth-order valence-electron chi connectivity index (χ4n) is 3.30. The number of hydrogen-bond donors (Lipinski definition) is 2. The van der Waals surface area contributed by atoms with Gasteiger partial charge in [-0.25, -0.2) is 18.1 Å². The van der Waals surface area contributed by atoms with Crippen molar-refractivity contribution in [2.75, 3.05) is 7.05 Å². The highest BCUT2D eigenvalue weighted by atomic mass is 32.2. The molecule has 0 bridgehead atoms. The van der Waals surface area contributed by atoms with E-state index >= 15 is 0 Å². The van der Waals surface area contributed by atoms with Crippen molar-refractivity contribution in [2.45, 2.75) is 5.75 Å². The maximum atomic E-state index is 12.4. The van der Waals surface area contributed by atoms with E-state index in [1.165, 1.54) is 18.8 Å². The molecular formula is C25H20N4O3S2. The van der Waals surface area contributed by atoms with Crippen molar-refractivity contribution in [1.29, 1.82) is 5.26 Å². The quantitative estimate of drug-likeness (QED) is 0.506. The molecule has 0 radical (unpaired) electrons. The molecule has 9 heteroatoms. The normalized spacial score (nSPS) is 15.9. The number of carbonyl (C=O) groups excluding carboxylic acids is 1. The number of aliphatic imine (C=N–C) groups is 1. The average molecular weight is 489 g/mol. The van der Waals surface area contributed by atoms with Crippen LogP contribution in [0.2, 0.25) is 0 Å². The maximum Gasteiger partial charge on any atom is 0.264 e. The number of hydrogen-bond acceptors (Lipinski definition) is 6. The molecule has 0 aromatic heterocycles. The monoisotopic (exact) mass is 488 g/mol. The van der Waals surface area contributed by atoms with Crippen molar-refractivity contribution in [3.63, 3.8) is 0 Å². The summed E-state index contributed by atoms with van der Waals surface area (Å²) in [6, 6.07) is 24.1. The van der Waals surface area contributed by atoms with Crippen LogP contribution in [0.25, 0.3) is 17.2 Å². The lowest BCUT2D eigenvalue weighted by Crippen LogP contribution is -2.20. The van der Waals surface area contributed by atoms with Gasteiger partial charge in [0.2, 0.25) is 10.0 Å². The summed E-state index contributed by atoms with van der Waals surface area (Å²) in [6.07, 6.45) is 1.79. The number of nitrogens with one attached hydrogen (secondary N) is 2. The molecule has 4 rings (SSSR count). The largest absolute Gasteiger partial charge is 0.300 e. The zero-order valence-corrected chi connectivity index (χ0v) is 19.8. The van der Waals surface area contributed by atoms with E-state index in [-0.39, 0.29) is 11.7 Å². The number of amidine groups is 1. The predicted molar refractivity (Wildman–Crippen MR) is 136 cm³/mol. The second-order valence-electron chi connectivity index (χ2n) is 7.39. The molecule has 2 N–H and O–H groups in total. The van der Waals surface area contributed by atoms with E-state index in [2.05, 4.69) is 21.1 Å². The van der Waals surface area contributed by atoms with Crippen LogP contribution >= 0.6 is 11.8 Å². The van der Waals surface area contributed by atoms with E-state index in [9.17, 15) is 18.5 Å². The standard InChI is InChI=1S/C25H20N4O3S2/c1-27-34(31,32)16-18-8-12-21(13-9-18)28-25-29-24(30)23(33-25)14-17-6-10-19(11-7-17)22-5-3-2-4-20(22)15-26/h2-14,27H,16H2,1H3,(H,28,29,30)/b23-14-. The summed E-state index contributed by atoms with van der Waals surface area (Å²) >= 11 is 1.23. The van der Waals surface area contributed by atoms with Crippen molar-refractivity contribution >= 4 is 44.6 Å². The number of sulfonamides is 1. The van der Waals surface area contributed by atoms with Crippen molar-refractivity contribution in [2.24, 2.45) is 4.99 Å². The summed E-state index contributed by atoms with van der Waals surface area (Å²) < 4.78 is 25.6. The van der Waals surface area contributed by atoms with Crippen LogP contribution in [-0.4, -0.2) is 26.5 Å². The molecule has 7 nitrogen and oxygen atoms in total. The number of benzene rings is 3. The smallest absolute Gasteiger partial charge is 0.264 e. The Balaban J connectivity index is 1.48. The van der Waals surface area contributed by atoms with Gasteiger partial charge in [-0.3, -0.25) is 4.79 Å². The molecule has 1 fully saturated rings. The lowest BCUT2D eigenvalue weighted by atomic mass is 9.99. The van der Waals surface area contributed by atoms with Gasteiger partial charge in [0, 0.05) is 0 Å². The summed E-state index contributed by atoms with van der Waals surface area (Å²) in [7, 11) is -1.97. The molecule has 1 aliphatic rings. The molecule has 1 heterocycles. The van der Waals surface area contributed by atoms with Gasteiger partial charge in [-0.15, -0.1) is 0 Å².